The quantitative estimate of drug-likeness (QED) is 0.558. The van der Waals surface area contributed by atoms with Crippen molar-refractivity contribution in [1.82, 2.24) is 5.32 Å². The monoisotopic (exact) mass is 244 g/mol. The van der Waals surface area contributed by atoms with E-state index in [0.717, 1.165) is 25.7 Å². The minimum Gasteiger partial charge on any atom is -0.480 e. The van der Waals surface area contributed by atoms with Crippen molar-refractivity contribution in [3.63, 3.8) is 0 Å². The van der Waals surface area contributed by atoms with Crippen molar-refractivity contribution in [2.75, 3.05) is 19.8 Å². The molecule has 0 spiro atoms. The van der Waals surface area contributed by atoms with Gasteiger partial charge in [0.2, 0.25) is 5.91 Å². The maximum Gasteiger partial charge on any atom is 0.329 e. The molecule has 17 heavy (non-hydrogen) atoms. The number of carbonyl (C=O) groups is 2. The molecule has 0 aromatic carbocycles. The summed E-state index contributed by atoms with van der Waals surface area (Å²) in [4.78, 5) is 21.9. The highest BCUT2D eigenvalue weighted by Crippen LogP contribution is 2.22. The molecule has 1 aliphatic carbocycles. The molecule has 2 unspecified atom stereocenters. The predicted octanol–water partition coefficient (Wildman–Crippen LogP) is -0.279. The van der Waals surface area contributed by atoms with Crippen LogP contribution >= 0.6 is 0 Å². The Morgan fingerprint density at radius 3 is 2.82 bits per heavy atom. The number of nitrogens with two attached hydrogens (primary N) is 1. The Morgan fingerprint density at radius 1 is 1.41 bits per heavy atom. The van der Waals surface area contributed by atoms with E-state index in [9.17, 15) is 9.59 Å². The molecule has 0 saturated heterocycles. The zero-order chi connectivity index (χ0) is 12.7. The summed E-state index contributed by atoms with van der Waals surface area (Å²) in [6.07, 6.45) is 3.61. The molecule has 2 atom stereocenters. The molecule has 0 aliphatic heterocycles. The number of hydrogen-bond acceptors (Lipinski definition) is 4. The van der Waals surface area contributed by atoms with Gasteiger partial charge in [0, 0.05) is 18.5 Å². The molecular weight excluding hydrogens is 224 g/mol. The third-order valence-corrected chi connectivity index (χ3v) is 2.86. The van der Waals surface area contributed by atoms with Gasteiger partial charge in [-0.25, -0.2) is 4.79 Å². The van der Waals surface area contributed by atoms with Crippen LogP contribution in [0, 0.1) is 5.92 Å². The van der Waals surface area contributed by atoms with Crippen LogP contribution in [0.2, 0.25) is 0 Å². The number of amides is 1. The summed E-state index contributed by atoms with van der Waals surface area (Å²) in [7, 11) is 0. The smallest absolute Gasteiger partial charge is 0.329 e. The fourth-order valence-electron chi connectivity index (χ4n) is 2.02. The van der Waals surface area contributed by atoms with Crippen molar-refractivity contribution in [2.24, 2.45) is 11.7 Å². The van der Waals surface area contributed by atoms with Crippen molar-refractivity contribution in [3.8, 4) is 0 Å². The van der Waals surface area contributed by atoms with Crippen LogP contribution in [0.5, 0.6) is 0 Å². The van der Waals surface area contributed by atoms with Gasteiger partial charge in [-0.3, -0.25) is 4.79 Å². The molecular formula is C11H20N2O4. The zero-order valence-electron chi connectivity index (χ0n) is 9.85. The first-order chi connectivity index (χ1) is 8.09. The summed E-state index contributed by atoms with van der Waals surface area (Å²) in [5, 5.41) is 11.1. The molecule has 0 aromatic heterocycles. The number of ether oxygens (including phenoxy) is 1. The van der Waals surface area contributed by atoms with Gasteiger partial charge in [-0.2, -0.15) is 0 Å². The van der Waals surface area contributed by atoms with Gasteiger partial charge in [-0.1, -0.05) is 6.42 Å². The van der Waals surface area contributed by atoms with E-state index in [1.54, 1.807) is 0 Å². The summed E-state index contributed by atoms with van der Waals surface area (Å²) in [5.74, 6) is -1.01. The SMILES string of the molecule is NC1CCCC(C(=O)NCCOCC(=O)O)C1. The Morgan fingerprint density at radius 2 is 2.18 bits per heavy atom. The van der Waals surface area contributed by atoms with Crippen LogP contribution in [-0.2, 0) is 14.3 Å². The highest BCUT2D eigenvalue weighted by atomic mass is 16.5. The second-order valence-electron chi connectivity index (χ2n) is 4.36. The minimum atomic E-state index is -1.01. The van der Waals surface area contributed by atoms with Crippen molar-refractivity contribution in [1.29, 1.82) is 0 Å². The van der Waals surface area contributed by atoms with Gasteiger partial charge in [0.05, 0.1) is 6.61 Å². The van der Waals surface area contributed by atoms with Crippen LogP contribution in [-0.4, -0.2) is 42.8 Å². The van der Waals surface area contributed by atoms with Crippen LogP contribution in [0.25, 0.3) is 0 Å². The third-order valence-electron chi connectivity index (χ3n) is 2.86. The van der Waals surface area contributed by atoms with Gasteiger partial charge >= 0.3 is 5.97 Å². The number of nitrogens with one attached hydrogen (secondary N) is 1. The molecule has 0 bridgehead atoms. The number of hydrogen-bond donors (Lipinski definition) is 3. The number of carboxylic acids is 1. The van der Waals surface area contributed by atoms with E-state index in [1.165, 1.54) is 0 Å². The Labute approximate surface area is 101 Å². The van der Waals surface area contributed by atoms with E-state index in [0.29, 0.717) is 6.54 Å². The summed E-state index contributed by atoms with van der Waals surface area (Å²) in [5.41, 5.74) is 5.80. The number of carbonyl (C=O) groups excluding carboxylic acids is 1. The Bertz CT molecular complexity index is 270. The highest BCUT2D eigenvalue weighted by Gasteiger charge is 2.24. The average Bonchev–Trinajstić information content (AvgIpc) is 2.28. The average molecular weight is 244 g/mol. The van der Waals surface area contributed by atoms with Crippen molar-refractivity contribution in [2.45, 2.75) is 31.7 Å². The lowest BCUT2D eigenvalue weighted by molar-refractivity contribution is -0.142. The number of carboxylic acid groups (broad SMARTS) is 1. The largest absolute Gasteiger partial charge is 0.480 e. The Hall–Kier alpha value is -1.14. The second kappa shape index (κ2) is 7.24. The Balaban J connectivity index is 2.10. The molecule has 98 valence electrons. The van der Waals surface area contributed by atoms with Crippen LogP contribution in [0.15, 0.2) is 0 Å². The molecule has 6 heteroatoms. The van der Waals surface area contributed by atoms with Gasteiger partial charge < -0.3 is 20.9 Å². The van der Waals surface area contributed by atoms with E-state index in [-0.39, 0.29) is 31.1 Å². The first kappa shape index (κ1) is 13.9. The van der Waals surface area contributed by atoms with Gasteiger partial charge in [0.25, 0.3) is 0 Å². The lowest BCUT2D eigenvalue weighted by Gasteiger charge is -2.25. The van der Waals surface area contributed by atoms with Crippen molar-refractivity contribution in [3.05, 3.63) is 0 Å². The second-order valence-corrected chi connectivity index (χ2v) is 4.36. The van der Waals surface area contributed by atoms with E-state index in [4.69, 9.17) is 15.6 Å². The molecule has 1 fully saturated rings. The molecule has 0 aromatic rings. The normalized spacial score (nSPS) is 24.3. The van der Waals surface area contributed by atoms with Gasteiger partial charge in [-0.05, 0) is 19.3 Å². The predicted molar refractivity (Wildman–Crippen MR) is 61.4 cm³/mol. The van der Waals surface area contributed by atoms with Crippen LogP contribution in [0.1, 0.15) is 25.7 Å². The lowest BCUT2D eigenvalue weighted by Crippen LogP contribution is -2.39. The highest BCUT2D eigenvalue weighted by molar-refractivity contribution is 5.78. The number of aliphatic carboxylic acids is 1. The van der Waals surface area contributed by atoms with E-state index in [2.05, 4.69) is 5.32 Å². The number of rotatable bonds is 6. The molecule has 1 saturated carbocycles. The molecule has 1 amide bonds. The maximum atomic E-state index is 11.7. The molecule has 0 radical (unpaired) electrons. The van der Waals surface area contributed by atoms with Crippen LogP contribution in [0.3, 0.4) is 0 Å². The fraction of sp³-hybridized carbons (Fsp3) is 0.818. The van der Waals surface area contributed by atoms with Crippen molar-refractivity contribution >= 4 is 11.9 Å². The molecule has 1 rings (SSSR count). The van der Waals surface area contributed by atoms with Gasteiger partial charge in [-0.15, -0.1) is 0 Å². The summed E-state index contributed by atoms with van der Waals surface area (Å²) < 4.78 is 4.81. The van der Waals surface area contributed by atoms with Crippen LogP contribution < -0.4 is 11.1 Å². The zero-order valence-corrected chi connectivity index (χ0v) is 9.85. The standard InChI is InChI=1S/C11H20N2O4/c12-9-3-1-2-8(6-9)11(16)13-4-5-17-7-10(14)15/h8-9H,1-7,12H2,(H,13,16)(H,14,15). The first-order valence-electron chi connectivity index (χ1n) is 5.92. The van der Waals surface area contributed by atoms with Gasteiger partial charge in [0.1, 0.15) is 6.61 Å². The van der Waals surface area contributed by atoms with E-state index in [1.807, 2.05) is 0 Å². The molecule has 4 N–H and O–H groups in total. The lowest BCUT2D eigenvalue weighted by atomic mass is 9.85. The van der Waals surface area contributed by atoms with Gasteiger partial charge in [0.15, 0.2) is 0 Å². The third kappa shape index (κ3) is 5.65. The topological polar surface area (TPSA) is 102 Å². The first-order valence-corrected chi connectivity index (χ1v) is 5.92. The van der Waals surface area contributed by atoms with Crippen molar-refractivity contribution < 1.29 is 19.4 Å². The molecule has 0 heterocycles. The van der Waals surface area contributed by atoms with E-state index >= 15 is 0 Å². The minimum absolute atomic E-state index is 0.000856. The summed E-state index contributed by atoms with van der Waals surface area (Å²) >= 11 is 0. The van der Waals surface area contributed by atoms with E-state index < -0.39 is 5.97 Å². The maximum absolute atomic E-state index is 11.7. The summed E-state index contributed by atoms with van der Waals surface area (Å²) in [6.45, 7) is 0.235. The summed E-state index contributed by atoms with van der Waals surface area (Å²) in [6, 6.07) is 0.128. The fourth-order valence-corrected chi connectivity index (χ4v) is 2.02. The molecule has 6 nitrogen and oxygen atoms in total. The molecule has 1 aliphatic rings. The Kier molecular flexibility index (Phi) is 5.93. The van der Waals surface area contributed by atoms with Crippen LogP contribution in [0.4, 0.5) is 0 Å².